The number of amides is 1. The average molecular weight is 498 g/mol. The maximum atomic E-state index is 13.3. The summed E-state index contributed by atoms with van der Waals surface area (Å²) in [4.78, 5) is 38.9. The molecule has 190 valence electrons. The third-order valence-corrected chi connectivity index (χ3v) is 7.82. The van der Waals surface area contributed by atoms with Gasteiger partial charge in [-0.1, -0.05) is 6.07 Å². The van der Waals surface area contributed by atoms with Crippen molar-refractivity contribution in [1.82, 2.24) is 9.97 Å². The topological polar surface area (TPSA) is 87.7 Å². The van der Waals surface area contributed by atoms with Gasteiger partial charge in [0.2, 0.25) is 11.9 Å². The summed E-state index contributed by atoms with van der Waals surface area (Å²) in [5, 5.41) is 3.33. The Labute approximate surface area is 216 Å². The Morgan fingerprint density at radius 3 is 2.57 bits per heavy atom. The molecule has 2 saturated carbocycles. The van der Waals surface area contributed by atoms with Crippen LogP contribution in [0, 0.1) is 18.3 Å². The Morgan fingerprint density at radius 2 is 1.92 bits per heavy atom. The molecule has 8 nitrogen and oxygen atoms in total. The van der Waals surface area contributed by atoms with Crippen molar-refractivity contribution >= 4 is 40.5 Å². The summed E-state index contributed by atoms with van der Waals surface area (Å²) in [5.74, 6) is 2.62. The van der Waals surface area contributed by atoms with Crippen molar-refractivity contribution in [3.05, 3.63) is 59.8 Å². The number of Topliss-reactive ketones (excluding diaryl/α,β-unsaturated/α-hetero) is 1. The third kappa shape index (κ3) is 4.41. The molecule has 2 heterocycles. The molecule has 2 aromatic carbocycles. The van der Waals surface area contributed by atoms with Crippen LogP contribution in [0.3, 0.4) is 0 Å². The number of carbonyl (C=O) groups is 2. The van der Waals surface area contributed by atoms with Crippen LogP contribution in [0.15, 0.2) is 48.7 Å². The van der Waals surface area contributed by atoms with E-state index in [1.54, 1.807) is 25.3 Å². The van der Waals surface area contributed by atoms with Crippen molar-refractivity contribution in [2.24, 2.45) is 11.3 Å². The van der Waals surface area contributed by atoms with Gasteiger partial charge in [0.25, 0.3) is 0 Å². The van der Waals surface area contributed by atoms with Crippen molar-refractivity contribution in [3.63, 3.8) is 0 Å². The Hall–Kier alpha value is -3.94. The molecule has 37 heavy (non-hydrogen) atoms. The second kappa shape index (κ2) is 8.87. The maximum Gasteiger partial charge on any atom is 0.234 e. The Kier molecular flexibility index (Phi) is 5.62. The van der Waals surface area contributed by atoms with Gasteiger partial charge in [-0.2, -0.15) is 4.98 Å². The first kappa shape index (κ1) is 23.5. The van der Waals surface area contributed by atoms with Crippen LogP contribution in [0.1, 0.15) is 36.8 Å². The number of ketones is 1. The van der Waals surface area contributed by atoms with Gasteiger partial charge < -0.3 is 19.9 Å². The van der Waals surface area contributed by atoms with Gasteiger partial charge in [0.15, 0.2) is 5.82 Å². The average Bonchev–Trinajstić information content (AvgIpc) is 3.83. The number of methoxy groups -OCH3 is 1. The molecule has 0 radical (unpaired) electrons. The highest BCUT2D eigenvalue weighted by Crippen LogP contribution is 2.53. The number of nitrogens with zero attached hydrogens (tertiary/aromatic N) is 4. The molecule has 3 aliphatic rings. The minimum Gasteiger partial charge on any atom is -0.497 e. The molecule has 2 fully saturated rings. The van der Waals surface area contributed by atoms with Crippen LogP contribution in [0.5, 0.6) is 5.75 Å². The van der Waals surface area contributed by atoms with Crippen molar-refractivity contribution in [2.75, 3.05) is 35.8 Å². The number of carbonyl (C=O) groups excluding carboxylic acids is 2. The highest BCUT2D eigenvalue weighted by molar-refractivity contribution is 6.03. The highest BCUT2D eigenvalue weighted by Gasteiger charge is 2.54. The number of anilines is 5. The van der Waals surface area contributed by atoms with E-state index in [1.165, 1.54) is 0 Å². The van der Waals surface area contributed by atoms with Crippen LogP contribution in [0.25, 0.3) is 0 Å². The van der Waals surface area contributed by atoms with Crippen molar-refractivity contribution < 1.29 is 14.3 Å². The van der Waals surface area contributed by atoms with Gasteiger partial charge in [0.05, 0.1) is 18.7 Å². The fourth-order valence-corrected chi connectivity index (χ4v) is 5.11. The molecule has 1 amide bonds. The van der Waals surface area contributed by atoms with E-state index in [0.29, 0.717) is 36.2 Å². The number of ether oxygens (including phenoxy) is 1. The molecular weight excluding hydrogens is 466 g/mol. The van der Waals surface area contributed by atoms with Crippen LogP contribution >= 0.6 is 0 Å². The molecular formula is C29H31N5O3. The monoisotopic (exact) mass is 497 g/mol. The minimum absolute atomic E-state index is 0.112. The summed E-state index contributed by atoms with van der Waals surface area (Å²) in [6.07, 6.45) is 6.00. The molecule has 8 heteroatoms. The standard InChI is InChI=1S/C29H31N5O3/c1-18-14-21(7-6-20(18)15-25(35)19-4-5-19)31-28-30-16-24-26(32-28)34(22-8-10-23(37-3)11-9-22)17-29(12-13-29)27(36)33(24)2/h6-11,14,16,19H,4-5,12-13,15,17H2,1-3H3,(H,30,31,32). The molecule has 0 saturated heterocycles. The second-order valence-corrected chi connectivity index (χ2v) is 10.5. The van der Waals surface area contributed by atoms with E-state index >= 15 is 0 Å². The van der Waals surface area contributed by atoms with Gasteiger partial charge in [0.1, 0.15) is 17.2 Å². The molecule has 1 aromatic heterocycles. The Balaban J connectivity index is 1.32. The first-order chi connectivity index (χ1) is 17.9. The fourth-order valence-electron chi connectivity index (χ4n) is 5.11. The van der Waals surface area contributed by atoms with E-state index in [-0.39, 0.29) is 11.8 Å². The molecule has 1 N–H and O–H groups in total. The summed E-state index contributed by atoms with van der Waals surface area (Å²) in [6.45, 7) is 2.59. The summed E-state index contributed by atoms with van der Waals surface area (Å²) in [6, 6.07) is 13.8. The number of aromatic nitrogens is 2. The normalized spacial score (nSPS) is 17.9. The van der Waals surface area contributed by atoms with Gasteiger partial charge in [-0.3, -0.25) is 9.59 Å². The molecule has 6 rings (SSSR count). The molecule has 3 aromatic rings. The minimum atomic E-state index is -0.395. The number of nitrogens with one attached hydrogen (secondary N) is 1. The number of hydrogen-bond donors (Lipinski definition) is 1. The highest BCUT2D eigenvalue weighted by atomic mass is 16.5. The van der Waals surface area contributed by atoms with E-state index in [0.717, 1.165) is 53.9 Å². The van der Waals surface area contributed by atoms with Gasteiger partial charge >= 0.3 is 0 Å². The number of hydrogen-bond acceptors (Lipinski definition) is 7. The predicted octanol–water partition coefficient (Wildman–Crippen LogP) is 4.95. The second-order valence-electron chi connectivity index (χ2n) is 10.5. The van der Waals surface area contributed by atoms with Crippen LogP contribution < -0.4 is 19.9 Å². The zero-order valence-corrected chi connectivity index (χ0v) is 21.5. The number of rotatable bonds is 7. The number of fused-ring (bicyclic) bond motifs is 1. The van der Waals surface area contributed by atoms with Crippen LogP contribution in [-0.4, -0.2) is 42.4 Å². The quantitative estimate of drug-likeness (QED) is 0.494. The van der Waals surface area contributed by atoms with Crippen LogP contribution in [0.4, 0.5) is 28.8 Å². The van der Waals surface area contributed by atoms with E-state index in [9.17, 15) is 9.59 Å². The lowest BCUT2D eigenvalue weighted by molar-refractivity contribution is -0.123. The van der Waals surface area contributed by atoms with Gasteiger partial charge in [-0.05, 0) is 80.1 Å². The van der Waals surface area contributed by atoms with E-state index in [2.05, 4.69) is 15.2 Å². The van der Waals surface area contributed by atoms with E-state index in [4.69, 9.17) is 9.72 Å². The van der Waals surface area contributed by atoms with Gasteiger partial charge in [0, 0.05) is 37.3 Å². The van der Waals surface area contributed by atoms with Gasteiger partial charge in [-0.25, -0.2) is 4.98 Å². The Morgan fingerprint density at radius 1 is 1.16 bits per heavy atom. The zero-order valence-electron chi connectivity index (χ0n) is 21.5. The Bertz CT molecular complexity index is 1380. The molecule has 1 spiro atoms. The van der Waals surface area contributed by atoms with E-state index in [1.807, 2.05) is 49.4 Å². The summed E-state index contributed by atoms with van der Waals surface area (Å²) in [5.41, 5.74) is 4.21. The smallest absolute Gasteiger partial charge is 0.234 e. The summed E-state index contributed by atoms with van der Waals surface area (Å²) < 4.78 is 5.34. The zero-order chi connectivity index (χ0) is 25.7. The fraction of sp³-hybridized carbons (Fsp3) is 0.379. The SMILES string of the molecule is COc1ccc(N2CC3(CC3)C(=O)N(C)c3cnc(Nc4ccc(CC(=O)C5CC5)c(C)c4)nc32)cc1. The molecule has 0 bridgehead atoms. The summed E-state index contributed by atoms with van der Waals surface area (Å²) >= 11 is 0. The van der Waals surface area contributed by atoms with Crippen LogP contribution in [-0.2, 0) is 16.0 Å². The van der Waals surface area contributed by atoms with Crippen LogP contribution in [0.2, 0.25) is 0 Å². The van der Waals surface area contributed by atoms with Crippen molar-refractivity contribution in [3.8, 4) is 5.75 Å². The first-order valence-corrected chi connectivity index (χ1v) is 12.8. The molecule has 0 unspecified atom stereocenters. The number of benzene rings is 2. The molecule has 1 aliphatic heterocycles. The first-order valence-electron chi connectivity index (χ1n) is 12.8. The predicted molar refractivity (Wildman–Crippen MR) is 143 cm³/mol. The largest absolute Gasteiger partial charge is 0.497 e. The third-order valence-electron chi connectivity index (χ3n) is 7.82. The number of aryl methyl sites for hydroxylation is 1. The lowest BCUT2D eigenvalue weighted by Gasteiger charge is -2.26. The van der Waals surface area contributed by atoms with Gasteiger partial charge in [-0.15, -0.1) is 0 Å². The lowest BCUT2D eigenvalue weighted by atomic mass is 10.0. The lowest BCUT2D eigenvalue weighted by Crippen LogP contribution is -2.36. The molecule has 2 aliphatic carbocycles. The summed E-state index contributed by atoms with van der Waals surface area (Å²) in [7, 11) is 3.45. The van der Waals surface area contributed by atoms with Crippen molar-refractivity contribution in [1.29, 1.82) is 0 Å². The molecule has 0 atom stereocenters. The maximum absolute atomic E-state index is 13.3. The van der Waals surface area contributed by atoms with E-state index < -0.39 is 5.41 Å². The van der Waals surface area contributed by atoms with Crippen molar-refractivity contribution in [2.45, 2.75) is 39.0 Å².